The molecule has 3 heterocycles. The Morgan fingerprint density at radius 1 is 1.37 bits per heavy atom. The number of rotatable bonds is 3. The van der Waals surface area contributed by atoms with Gasteiger partial charge >= 0.3 is 0 Å². The molecule has 0 bridgehead atoms. The smallest absolute Gasteiger partial charge is 0.197 e. The molecule has 0 saturated carbocycles. The zero-order chi connectivity index (χ0) is 13.2. The molecule has 0 fully saturated rings. The van der Waals surface area contributed by atoms with Gasteiger partial charge in [-0.05, 0) is 25.5 Å². The Morgan fingerprint density at radius 3 is 3.00 bits per heavy atom. The van der Waals surface area contributed by atoms with Crippen molar-refractivity contribution >= 4 is 5.65 Å². The van der Waals surface area contributed by atoms with Crippen molar-refractivity contribution in [2.45, 2.75) is 20.3 Å². The van der Waals surface area contributed by atoms with Gasteiger partial charge in [0.2, 0.25) is 0 Å². The summed E-state index contributed by atoms with van der Waals surface area (Å²) in [6.07, 6.45) is 6.13. The van der Waals surface area contributed by atoms with Crippen molar-refractivity contribution in [3.05, 3.63) is 48.2 Å². The lowest BCUT2D eigenvalue weighted by molar-refractivity contribution is 0.479. The Bertz CT molecular complexity index is 706. The molecule has 0 radical (unpaired) electrons. The van der Waals surface area contributed by atoms with Crippen molar-refractivity contribution < 1.29 is 4.74 Å². The second kappa shape index (κ2) is 4.68. The zero-order valence-electron chi connectivity index (χ0n) is 10.9. The van der Waals surface area contributed by atoms with Crippen LogP contribution in [0.25, 0.3) is 5.65 Å². The third-order valence-electron chi connectivity index (χ3n) is 2.79. The van der Waals surface area contributed by atoms with Gasteiger partial charge in [0.1, 0.15) is 5.75 Å². The van der Waals surface area contributed by atoms with Crippen molar-refractivity contribution in [3.63, 3.8) is 0 Å². The Kier molecular flexibility index (Phi) is 2.87. The van der Waals surface area contributed by atoms with Crippen LogP contribution in [0.3, 0.4) is 0 Å². The van der Waals surface area contributed by atoms with Gasteiger partial charge in [0.05, 0.1) is 23.8 Å². The molecule has 0 aliphatic carbocycles. The number of hydrogen-bond acceptors (Lipinski definition) is 4. The van der Waals surface area contributed by atoms with Crippen molar-refractivity contribution in [1.29, 1.82) is 0 Å². The first-order valence-corrected chi connectivity index (χ1v) is 6.20. The van der Waals surface area contributed by atoms with Gasteiger partial charge in [0.15, 0.2) is 11.4 Å². The predicted octanol–water partition coefficient (Wildman–Crippen LogP) is 2.79. The maximum atomic E-state index is 5.86. The Balaban J connectivity index is 2.10. The van der Waals surface area contributed by atoms with E-state index in [2.05, 4.69) is 22.0 Å². The van der Waals surface area contributed by atoms with E-state index in [0.29, 0.717) is 11.5 Å². The first-order valence-electron chi connectivity index (χ1n) is 6.20. The van der Waals surface area contributed by atoms with E-state index in [1.54, 1.807) is 16.9 Å². The first-order chi connectivity index (χ1) is 9.26. The third-order valence-corrected chi connectivity index (χ3v) is 2.79. The lowest BCUT2D eigenvalue weighted by Gasteiger charge is -2.07. The van der Waals surface area contributed by atoms with Crippen molar-refractivity contribution in [1.82, 2.24) is 19.6 Å². The normalized spacial score (nSPS) is 10.8. The monoisotopic (exact) mass is 254 g/mol. The number of aromatic nitrogens is 4. The maximum absolute atomic E-state index is 5.86. The molecule has 0 atom stereocenters. The Hall–Kier alpha value is -2.43. The second-order valence-corrected chi connectivity index (χ2v) is 4.29. The van der Waals surface area contributed by atoms with Gasteiger partial charge in [0, 0.05) is 12.3 Å². The van der Waals surface area contributed by atoms with Crippen LogP contribution in [0.5, 0.6) is 11.5 Å². The summed E-state index contributed by atoms with van der Waals surface area (Å²) in [5.41, 5.74) is 2.60. The molecule has 0 unspecified atom stereocenters. The predicted molar refractivity (Wildman–Crippen MR) is 71.4 cm³/mol. The summed E-state index contributed by atoms with van der Waals surface area (Å²) in [6, 6.07) is 5.63. The number of ether oxygens (including phenoxy) is 1. The third kappa shape index (κ3) is 2.27. The fourth-order valence-electron chi connectivity index (χ4n) is 1.89. The molecule has 0 aromatic carbocycles. The number of fused-ring (bicyclic) bond motifs is 1. The second-order valence-electron chi connectivity index (χ2n) is 4.29. The van der Waals surface area contributed by atoms with E-state index in [1.807, 2.05) is 31.3 Å². The van der Waals surface area contributed by atoms with Gasteiger partial charge in [-0.3, -0.25) is 4.98 Å². The van der Waals surface area contributed by atoms with Crippen LogP contribution in [0.2, 0.25) is 0 Å². The molecule has 19 heavy (non-hydrogen) atoms. The lowest BCUT2D eigenvalue weighted by atomic mass is 10.3. The highest BCUT2D eigenvalue weighted by molar-refractivity contribution is 5.55. The summed E-state index contributed by atoms with van der Waals surface area (Å²) >= 11 is 0. The van der Waals surface area contributed by atoms with Gasteiger partial charge < -0.3 is 4.74 Å². The minimum Gasteiger partial charge on any atom is -0.452 e. The minimum absolute atomic E-state index is 0.693. The number of aryl methyl sites for hydroxylation is 2. The van der Waals surface area contributed by atoms with Crippen molar-refractivity contribution in [2.24, 2.45) is 0 Å². The highest BCUT2D eigenvalue weighted by Crippen LogP contribution is 2.25. The molecule has 0 spiro atoms. The first kappa shape index (κ1) is 11.6. The Morgan fingerprint density at radius 2 is 2.26 bits per heavy atom. The molecule has 96 valence electrons. The highest BCUT2D eigenvalue weighted by Gasteiger charge is 2.10. The number of pyridine rings is 1. The summed E-state index contributed by atoms with van der Waals surface area (Å²) in [6.45, 7) is 4.00. The van der Waals surface area contributed by atoms with E-state index in [-0.39, 0.29) is 0 Å². The van der Waals surface area contributed by atoms with Crippen LogP contribution >= 0.6 is 0 Å². The van der Waals surface area contributed by atoms with Crippen LogP contribution in [0.15, 0.2) is 36.8 Å². The van der Waals surface area contributed by atoms with Crippen LogP contribution in [0.4, 0.5) is 0 Å². The molecule has 3 aromatic rings. The van der Waals surface area contributed by atoms with Crippen LogP contribution in [0, 0.1) is 6.92 Å². The number of nitrogens with zero attached hydrogens (tertiary/aromatic N) is 4. The van der Waals surface area contributed by atoms with Crippen LogP contribution < -0.4 is 4.74 Å². The summed E-state index contributed by atoms with van der Waals surface area (Å²) in [7, 11) is 0. The van der Waals surface area contributed by atoms with Crippen LogP contribution in [0.1, 0.15) is 18.3 Å². The highest BCUT2D eigenvalue weighted by atomic mass is 16.5. The average molecular weight is 254 g/mol. The Labute approximate surface area is 110 Å². The molecule has 0 saturated heterocycles. The van der Waals surface area contributed by atoms with E-state index in [1.165, 1.54) is 0 Å². The SMILES string of the molecule is CCc1cc(Oc2cccnc2)c2nc(C)cn2n1. The van der Waals surface area contributed by atoms with Gasteiger partial charge in [-0.15, -0.1) is 0 Å². The molecule has 3 aromatic heterocycles. The van der Waals surface area contributed by atoms with E-state index >= 15 is 0 Å². The van der Waals surface area contributed by atoms with Gasteiger partial charge in [-0.1, -0.05) is 6.92 Å². The quantitative estimate of drug-likeness (QED) is 0.721. The molecule has 0 aliphatic heterocycles. The molecule has 0 aliphatic rings. The molecular formula is C14H14N4O. The van der Waals surface area contributed by atoms with Crippen molar-refractivity contribution in [2.75, 3.05) is 0 Å². The zero-order valence-corrected chi connectivity index (χ0v) is 10.9. The van der Waals surface area contributed by atoms with Gasteiger partial charge in [0.25, 0.3) is 0 Å². The van der Waals surface area contributed by atoms with Crippen LogP contribution in [-0.4, -0.2) is 19.6 Å². The number of imidazole rings is 1. The van der Waals surface area contributed by atoms with Gasteiger partial charge in [-0.2, -0.15) is 5.10 Å². The molecule has 5 heteroatoms. The number of hydrogen-bond donors (Lipinski definition) is 0. The molecular weight excluding hydrogens is 240 g/mol. The lowest BCUT2D eigenvalue weighted by Crippen LogP contribution is -1.99. The summed E-state index contributed by atoms with van der Waals surface area (Å²) in [5.74, 6) is 1.39. The summed E-state index contributed by atoms with van der Waals surface area (Å²) in [4.78, 5) is 8.48. The standard InChI is InChI=1S/C14H14N4O/c1-3-11-7-13(19-12-5-4-6-15-8-12)14-16-10(2)9-18(14)17-11/h4-9H,3H2,1-2H3. The van der Waals surface area contributed by atoms with Crippen molar-refractivity contribution in [3.8, 4) is 11.5 Å². The maximum Gasteiger partial charge on any atom is 0.197 e. The molecule has 5 nitrogen and oxygen atoms in total. The molecule has 0 N–H and O–H groups in total. The summed E-state index contributed by atoms with van der Waals surface area (Å²) < 4.78 is 7.63. The van der Waals surface area contributed by atoms with E-state index in [4.69, 9.17) is 4.74 Å². The van der Waals surface area contributed by atoms with E-state index in [0.717, 1.165) is 23.5 Å². The summed E-state index contributed by atoms with van der Waals surface area (Å²) in [5, 5.41) is 4.48. The largest absolute Gasteiger partial charge is 0.452 e. The van der Waals surface area contributed by atoms with Crippen LogP contribution in [-0.2, 0) is 6.42 Å². The topological polar surface area (TPSA) is 52.3 Å². The minimum atomic E-state index is 0.693. The van der Waals surface area contributed by atoms with E-state index < -0.39 is 0 Å². The average Bonchev–Trinajstić information content (AvgIpc) is 2.80. The van der Waals surface area contributed by atoms with E-state index in [9.17, 15) is 0 Å². The molecule has 0 amide bonds. The fourth-order valence-corrected chi connectivity index (χ4v) is 1.89. The fraction of sp³-hybridized carbons (Fsp3) is 0.214. The van der Waals surface area contributed by atoms with Gasteiger partial charge in [-0.25, -0.2) is 9.50 Å². The molecule has 3 rings (SSSR count).